The Morgan fingerprint density at radius 1 is 1.36 bits per heavy atom. The van der Waals surface area contributed by atoms with Gasteiger partial charge >= 0.3 is 5.97 Å². The van der Waals surface area contributed by atoms with Gasteiger partial charge in [0.1, 0.15) is 0 Å². The van der Waals surface area contributed by atoms with E-state index in [0.717, 1.165) is 0 Å². The summed E-state index contributed by atoms with van der Waals surface area (Å²) in [6.45, 7) is 7.41. The zero-order valence-electron chi connectivity index (χ0n) is 7.64. The molecule has 0 spiro atoms. The van der Waals surface area contributed by atoms with Crippen LogP contribution in [0.1, 0.15) is 34.1 Å². The molecule has 3 N–H and O–H groups in total. The van der Waals surface area contributed by atoms with Crippen LogP contribution in [-0.4, -0.2) is 16.6 Å². The number of carboxylic acid groups (broad SMARTS) is 1. The van der Waals surface area contributed by atoms with Crippen LogP contribution in [-0.2, 0) is 4.79 Å². The summed E-state index contributed by atoms with van der Waals surface area (Å²) in [4.78, 5) is 10.4. The minimum Gasteiger partial charge on any atom is -0.481 e. The second kappa shape index (κ2) is 2.81. The summed E-state index contributed by atoms with van der Waals surface area (Å²) in [7, 11) is 0. The quantitative estimate of drug-likeness (QED) is 0.651. The maximum absolute atomic E-state index is 10.4. The Hall–Kier alpha value is -0.570. The first kappa shape index (κ1) is 10.4. The lowest BCUT2D eigenvalue weighted by molar-refractivity contribution is -0.140. The fraction of sp³-hybridized carbons (Fsp3) is 0.875. The van der Waals surface area contributed by atoms with Gasteiger partial charge in [0, 0.05) is 5.54 Å². The van der Waals surface area contributed by atoms with Crippen molar-refractivity contribution in [3.8, 4) is 0 Å². The van der Waals surface area contributed by atoms with Crippen LogP contribution in [0.5, 0.6) is 0 Å². The molecule has 0 saturated carbocycles. The summed E-state index contributed by atoms with van der Waals surface area (Å²) in [5.41, 5.74) is 4.98. The molecular formula is C8H17NO2. The van der Waals surface area contributed by atoms with E-state index in [9.17, 15) is 4.79 Å². The summed E-state index contributed by atoms with van der Waals surface area (Å²) in [5, 5.41) is 8.56. The zero-order valence-corrected chi connectivity index (χ0v) is 7.64. The largest absolute Gasteiger partial charge is 0.481 e. The molecular weight excluding hydrogens is 142 g/mol. The van der Waals surface area contributed by atoms with Gasteiger partial charge < -0.3 is 10.8 Å². The van der Waals surface area contributed by atoms with Gasteiger partial charge in [-0.1, -0.05) is 13.8 Å². The number of nitrogens with two attached hydrogens (primary N) is 1. The van der Waals surface area contributed by atoms with Crippen molar-refractivity contribution >= 4 is 5.97 Å². The first-order valence-corrected chi connectivity index (χ1v) is 3.67. The molecule has 0 aliphatic carbocycles. The summed E-state index contributed by atoms with van der Waals surface area (Å²) in [6.07, 6.45) is 0.108. The molecule has 0 aromatic carbocycles. The summed E-state index contributed by atoms with van der Waals surface area (Å²) in [5.74, 6) is -0.798. The van der Waals surface area contributed by atoms with Crippen molar-refractivity contribution in [2.24, 2.45) is 11.1 Å². The fourth-order valence-corrected chi connectivity index (χ4v) is 0.606. The highest BCUT2D eigenvalue weighted by molar-refractivity contribution is 5.67. The van der Waals surface area contributed by atoms with E-state index in [1.165, 1.54) is 0 Å². The van der Waals surface area contributed by atoms with Crippen LogP contribution in [0.2, 0.25) is 0 Å². The minimum absolute atomic E-state index is 0.108. The molecule has 0 radical (unpaired) electrons. The number of hydrogen-bond acceptors (Lipinski definition) is 2. The van der Waals surface area contributed by atoms with Crippen LogP contribution in [0.25, 0.3) is 0 Å². The summed E-state index contributed by atoms with van der Waals surface area (Å²) >= 11 is 0. The van der Waals surface area contributed by atoms with Crippen molar-refractivity contribution in [2.45, 2.75) is 39.7 Å². The lowest BCUT2D eigenvalue weighted by atomic mass is 9.73. The van der Waals surface area contributed by atoms with Crippen molar-refractivity contribution < 1.29 is 9.90 Å². The second-order valence-electron chi connectivity index (χ2n) is 4.18. The molecule has 0 unspecified atom stereocenters. The average molecular weight is 159 g/mol. The zero-order chi connectivity index (χ0) is 9.28. The maximum Gasteiger partial charge on any atom is 0.303 e. The van der Waals surface area contributed by atoms with E-state index in [-0.39, 0.29) is 11.8 Å². The molecule has 0 aromatic heterocycles. The highest BCUT2D eigenvalue weighted by Crippen LogP contribution is 2.31. The SMILES string of the molecule is CC(C)(N)C(C)(C)CC(=O)O. The normalized spacial score (nSPS) is 13.2. The molecule has 0 saturated heterocycles. The van der Waals surface area contributed by atoms with Gasteiger partial charge in [-0.3, -0.25) is 4.79 Å². The lowest BCUT2D eigenvalue weighted by Gasteiger charge is -2.37. The van der Waals surface area contributed by atoms with Crippen molar-refractivity contribution in [1.29, 1.82) is 0 Å². The maximum atomic E-state index is 10.4. The van der Waals surface area contributed by atoms with Gasteiger partial charge in [-0.2, -0.15) is 0 Å². The van der Waals surface area contributed by atoms with E-state index >= 15 is 0 Å². The predicted octanol–water partition coefficient (Wildman–Crippen LogP) is 1.22. The molecule has 0 rings (SSSR count). The van der Waals surface area contributed by atoms with Crippen molar-refractivity contribution in [3.63, 3.8) is 0 Å². The van der Waals surface area contributed by atoms with Crippen molar-refractivity contribution in [1.82, 2.24) is 0 Å². The van der Waals surface area contributed by atoms with Gasteiger partial charge in [-0.25, -0.2) is 0 Å². The molecule has 3 heteroatoms. The second-order valence-corrected chi connectivity index (χ2v) is 4.18. The van der Waals surface area contributed by atoms with Crippen LogP contribution in [0.3, 0.4) is 0 Å². The Morgan fingerprint density at radius 3 is 1.82 bits per heavy atom. The average Bonchev–Trinajstić information content (AvgIpc) is 1.56. The Labute approximate surface area is 67.6 Å². The molecule has 11 heavy (non-hydrogen) atoms. The van der Waals surface area contributed by atoms with E-state index in [4.69, 9.17) is 10.8 Å². The number of carboxylic acids is 1. The van der Waals surface area contributed by atoms with E-state index < -0.39 is 11.5 Å². The molecule has 0 fully saturated rings. The Morgan fingerprint density at radius 2 is 1.73 bits per heavy atom. The molecule has 3 nitrogen and oxygen atoms in total. The lowest BCUT2D eigenvalue weighted by Crippen LogP contribution is -2.48. The van der Waals surface area contributed by atoms with Gasteiger partial charge in [0.05, 0.1) is 6.42 Å². The van der Waals surface area contributed by atoms with Crippen molar-refractivity contribution in [3.05, 3.63) is 0 Å². The van der Waals surface area contributed by atoms with Crippen LogP contribution >= 0.6 is 0 Å². The predicted molar refractivity (Wildman–Crippen MR) is 44.3 cm³/mol. The van der Waals surface area contributed by atoms with E-state index in [2.05, 4.69) is 0 Å². The molecule has 0 atom stereocenters. The van der Waals surface area contributed by atoms with Gasteiger partial charge in [0.15, 0.2) is 0 Å². The van der Waals surface area contributed by atoms with Gasteiger partial charge in [-0.15, -0.1) is 0 Å². The Bertz CT molecular complexity index is 156. The van der Waals surface area contributed by atoms with E-state index in [1.54, 1.807) is 0 Å². The minimum atomic E-state index is -0.798. The molecule has 66 valence electrons. The first-order valence-electron chi connectivity index (χ1n) is 3.67. The van der Waals surface area contributed by atoms with E-state index in [0.29, 0.717) is 0 Å². The summed E-state index contributed by atoms with van der Waals surface area (Å²) in [6, 6.07) is 0. The van der Waals surface area contributed by atoms with Crippen molar-refractivity contribution in [2.75, 3.05) is 0 Å². The fourth-order valence-electron chi connectivity index (χ4n) is 0.606. The Kier molecular flexibility index (Phi) is 2.67. The van der Waals surface area contributed by atoms with Crippen LogP contribution in [0, 0.1) is 5.41 Å². The molecule has 0 amide bonds. The number of aliphatic carboxylic acids is 1. The molecule has 0 aliphatic heterocycles. The topological polar surface area (TPSA) is 63.3 Å². The molecule has 0 heterocycles. The van der Waals surface area contributed by atoms with Gasteiger partial charge in [-0.05, 0) is 19.3 Å². The van der Waals surface area contributed by atoms with Crippen LogP contribution in [0.15, 0.2) is 0 Å². The number of rotatable bonds is 3. The summed E-state index contributed by atoms with van der Waals surface area (Å²) < 4.78 is 0. The van der Waals surface area contributed by atoms with Crippen LogP contribution in [0.4, 0.5) is 0 Å². The monoisotopic (exact) mass is 159 g/mol. The molecule has 0 aliphatic rings. The highest BCUT2D eigenvalue weighted by atomic mass is 16.4. The molecule has 0 bridgehead atoms. The first-order chi connectivity index (χ1) is 4.67. The van der Waals surface area contributed by atoms with E-state index in [1.807, 2.05) is 27.7 Å². The third-order valence-corrected chi connectivity index (χ3v) is 2.34. The van der Waals surface area contributed by atoms with Crippen LogP contribution < -0.4 is 5.73 Å². The third-order valence-electron chi connectivity index (χ3n) is 2.34. The smallest absolute Gasteiger partial charge is 0.303 e. The Balaban J connectivity index is 4.34. The number of carbonyl (C=O) groups is 1. The van der Waals surface area contributed by atoms with Gasteiger partial charge in [0.25, 0.3) is 0 Å². The highest BCUT2D eigenvalue weighted by Gasteiger charge is 2.35. The third kappa shape index (κ3) is 2.89. The van der Waals surface area contributed by atoms with Gasteiger partial charge in [0.2, 0.25) is 0 Å². The standard InChI is InChI=1S/C8H17NO2/c1-7(2,5-6(10)11)8(3,4)9/h5,9H2,1-4H3,(H,10,11). The molecule has 0 aromatic rings. The number of hydrogen-bond donors (Lipinski definition) is 2.